The van der Waals surface area contributed by atoms with E-state index in [9.17, 15) is 9.59 Å². The average Bonchev–Trinajstić information content (AvgIpc) is 2.84. The molecule has 0 spiro atoms. The fourth-order valence-corrected chi connectivity index (χ4v) is 2.32. The Bertz CT molecular complexity index is 473. The summed E-state index contributed by atoms with van der Waals surface area (Å²) in [7, 11) is 0. The van der Waals surface area contributed by atoms with Crippen LogP contribution < -0.4 is 10.6 Å². The largest absolute Gasteiger partial charge is 0.355 e. The number of carbonyl (C=O) groups is 2. The number of hydrogen-bond donors (Lipinski definition) is 2. The van der Waals surface area contributed by atoms with E-state index < -0.39 is 0 Å². The molecule has 5 heteroatoms. The van der Waals surface area contributed by atoms with Gasteiger partial charge in [-0.25, -0.2) is 0 Å². The van der Waals surface area contributed by atoms with Crippen molar-refractivity contribution in [2.75, 3.05) is 6.54 Å². The number of nitrogens with one attached hydrogen (secondary N) is 2. The van der Waals surface area contributed by atoms with E-state index in [-0.39, 0.29) is 30.2 Å². The maximum Gasteiger partial charge on any atom is 0.225 e. The number of amides is 2. The standard InChI is InChI=1S/C14H17ClN2O2/c1-2-12(9-3-5-11(15)6-4-9)17-14(19)10-7-13(18)16-8-10/h3-6,10,12H,2,7-8H2,1H3,(H,16,18)(H,17,19). The second kappa shape index (κ2) is 6.06. The maximum absolute atomic E-state index is 12.1. The van der Waals surface area contributed by atoms with Crippen LogP contribution in [0.1, 0.15) is 31.4 Å². The molecule has 2 rings (SSSR count). The molecule has 0 aliphatic carbocycles. The quantitative estimate of drug-likeness (QED) is 0.887. The van der Waals surface area contributed by atoms with Gasteiger partial charge < -0.3 is 10.6 Å². The monoisotopic (exact) mass is 280 g/mol. The van der Waals surface area contributed by atoms with Crippen molar-refractivity contribution in [3.05, 3.63) is 34.9 Å². The molecule has 4 nitrogen and oxygen atoms in total. The highest BCUT2D eigenvalue weighted by molar-refractivity contribution is 6.30. The smallest absolute Gasteiger partial charge is 0.225 e. The minimum atomic E-state index is -0.256. The van der Waals surface area contributed by atoms with Crippen LogP contribution >= 0.6 is 11.6 Å². The van der Waals surface area contributed by atoms with E-state index in [4.69, 9.17) is 11.6 Å². The van der Waals surface area contributed by atoms with E-state index in [0.29, 0.717) is 11.6 Å². The number of benzene rings is 1. The summed E-state index contributed by atoms with van der Waals surface area (Å²) in [5.41, 5.74) is 1.03. The number of hydrogen-bond acceptors (Lipinski definition) is 2. The molecule has 0 aromatic heterocycles. The van der Waals surface area contributed by atoms with Gasteiger partial charge in [-0.2, -0.15) is 0 Å². The Labute approximate surface area is 117 Å². The van der Waals surface area contributed by atoms with Crippen molar-refractivity contribution in [3.8, 4) is 0 Å². The van der Waals surface area contributed by atoms with Gasteiger partial charge in [-0.05, 0) is 24.1 Å². The van der Waals surface area contributed by atoms with Crippen LogP contribution in [0, 0.1) is 5.92 Å². The number of carbonyl (C=O) groups excluding carboxylic acids is 2. The summed E-state index contributed by atoms with van der Waals surface area (Å²) in [6.07, 6.45) is 1.07. The fraction of sp³-hybridized carbons (Fsp3) is 0.429. The van der Waals surface area contributed by atoms with Crippen molar-refractivity contribution >= 4 is 23.4 Å². The van der Waals surface area contributed by atoms with E-state index in [1.54, 1.807) is 0 Å². The Kier molecular flexibility index (Phi) is 4.43. The summed E-state index contributed by atoms with van der Waals surface area (Å²) in [5, 5.41) is 6.34. The van der Waals surface area contributed by atoms with E-state index in [0.717, 1.165) is 12.0 Å². The molecule has 1 heterocycles. The lowest BCUT2D eigenvalue weighted by atomic mass is 10.0. The number of rotatable bonds is 4. The van der Waals surface area contributed by atoms with Crippen LogP contribution in [-0.2, 0) is 9.59 Å². The van der Waals surface area contributed by atoms with Crippen LogP contribution in [0.15, 0.2) is 24.3 Å². The first kappa shape index (κ1) is 13.9. The summed E-state index contributed by atoms with van der Waals surface area (Å²) >= 11 is 5.85. The van der Waals surface area contributed by atoms with Crippen LogP contribution in [0.3, 0.4) is 0 Å². The first-order valence-corrected chi connectivity index (χ1v) is 6.80. The molecule has 2 N–H and O–H groups in total. The minimum absolute atomic E-state index is 0.0412. The van der Waals surface area contributed by atoms with Crippen LogP contribution in [0.5, 0.6) is 0 Å². The molecule has 0 radical (unpaired) electrons. The molecule has 1 fully saturated rings. The Morgan fingerprint density at radius 3 is 2.68 bits per heavy atom. The third-order valence-electron chi connectivity index (χ3n) is 3.35. The Morgan fingerprint density at radius 2 is 2.16 bits per heavy atom. The highest BCUT2D eigenvalue weighted by Gasteiger charge is 2.29. The molecule has 0 bridgehead atoms. The SMILES string of the molecule is CCC(NC(=O)C1CNC(=O)C1)c1ccc(Cl)cc1. The molecule has 1 aliphatic rings. The highest BCUT2D eigenvalue weighted by Crippen LogP contribution is 2.20. The zero-order valence-corrected chi connectivity index (χ0v) is 11.5. The van der Waals surface area contributed by atoms with E-state index in [1.165, 1.54) is 0 Å². The summed E-state index contributed by atoms with van der Waals surface area (Å²) in [5.74, 6) is -0.381. The normalized spacial score (nSPS) is 19.9. The van der Waals surface area contributed by atoms with Crippen LogP contribution in [0.25, 0.3) is 0 Å². The van der Waals surface area contributed by atoms with Crippen molar-refractivity contribution in [3.63, 3.8) is 0 Å². The van der Waals surface area contributed by atoms with Gasteiger partial charge in [0.25, 0.3) is 0 Å². The van der Waals surface area contributed by atoms with Gasteiger partial charge in [0.1, 0.15) is 0 Å². The Morgan fingerprint density at radius 1 is 1.47 bits per heavy atom. The molecule has 2 atom stereocenters. The molecule has 19 heavy (non-hydrogen) atoms. The van der Waals surface area contributed by atoms with Gasteiger partial charge in [0, 0.05) is 18.0 Å². The topological polar surface area (TPSA) is 58.2 Å². The fourth-order valence-electron chi connectivity index (χ4n) is 2.20. The lowest BCUT2D eigenvalue weighted by molar-refractivity contribution is -0.127. The maximum atomic E-state index is 12.1. The van der Waals surface area contributed by atoms with Crippen LogP contribution in [0.4, 0.5) is 0 Å². The lowest BCUT2D eigenvalue weighted by Gasteiger charge is -2.19. The molecule has 1 aliphatic heterocycles. The predicted octanol–water partition coefficient (Wildman–Crippen LogP) is 2.04. The van der Waals surface area contributed by atoms with Gasteiger partial charge in [-0.3, -0.25) is 9.59 Å². The summed E-state index contributed by atoms with van der Waals surface area (Å²) < 4.78 is 0. The summed E-state index contributed by atoms with van der Waals surface area (Å²) in [6.45, 7) is 2.44. The molecule has 1 aromatic carbocycles. The Hall–Kier alpha value is -1.55. The molecular formula is C14H17ClN2O2. The third kappa shape index (κ3) is 3.47. The van der Waals surface area contributed by atoms with E-state index in [1.807, 2.05) is 31.2 Å². The van der Waals surface area contributed by atoms with E-state index in [2.05, 4.69) is 10.6 Å². The molecule has 1 saturated heterocycles. The van der Waals surface area contributed by atoms with Crippen molar-refractivity contribution in [2.45, 2.75) is 25.8 Å². The van der Waals surface area contributed by atoms with Gasteiger partial charge in [0.15, 0.2) is 0 Å². The zero-order chi connectivity index (χ0) is 13.8. The predicted molar refractivity (Wildman–Crippen MR) is 73.7 cm³/mol. The molecule has 0 saturated carbocycles. The second-order valence-corrected chi connectivity index (χ2v) is 5.16. The van der Waals surface area contributed by atoms with Crippen LogP contribution in [-0.4, -0.2) is 18.4 Å². The second-order valence-electron chi connectivity index (χ2n) is 4.73. The number of halogens is 1. The van der Waals surface area contributed by atoms with E-state index >= 15 is 0 Å². The zero-order valence-electron chi connectivity index (χ0n) is 10.8. The van der Waals surface area contributed by atoms with Crippen molar-refractivity contribution < 1.29 is 9.59 Å². The molecule has 102 valence electrons. The van der Waals surface area contributed by atoms with Gasteiger partial charge in [0.2, 0.25) is 11.8 Å². The molecule has 2 unspecified atom stereocenters. The molecule has 1 aromatic rings. The van der Waals surface area contributed by atoms with Crippen molar-refractivity contribution in [2.24, 2.45) is 5.92 Å². The molecule has 2 amide bonds. The van der Waals surface area contributed by atoms with Crippen LogP contribution in [0.2, 0.25) is 5.02 Å². The third-order valence-corrected chi connectivity index (χ3v) is 3.60. The van der Waals surface area contributed by atoms with Gasteiger partial charge >= 0.3 is 0 Å². The van der Waals surface area contributed by atoms with Crippen molar-refractivity contribution in [1.82, 2.24) is 10.6 Å². The minimum Gasteiger partial charge on any atom is -0.355 e. The summed E-state index contributed by atoms with van der Waals surface area (Å²) in [4.78, 5) is 23.2. The Balaban J connectivity index is 2.00. The van der Waals surface area contributed by atoms with Gasteiger partial charge in [0.05, 0.1) is 12.0 Å². The van der Waals surface area contributed by atoms with Gasteiger partial charge in [-0.1, -0.05) is 30.7 Å². The highest BCUT2D eigenvalue weighted by atomic mass is 35.5. The lowest BCUT2D eigenvalue weighted by Crippen LogP contribution is -2.34. The van der Waals surface area contributed by atoms with Gasteiger partial charge in [-0.15, -0.1) is 0 Å². The first-order chi connectivity index (χ1) is 9.10. The average molecular weight is 281 g/mol. The molecular weight excluding hydrogens is 264 g/mol. The summed E-state index contributed by atoms with van der Waals surface area (Å²) in [6, 6.07) is 7.41. The van der Waals surface area contributed by atoms with Crippen molar-refractivity contribution in [1.29, 1.82) is 0 Å². The first-order valence-electron chi connectivity index (χ1n) is 6.42.